The Bertz CT molecular complexity index is 575. The molecular formula is C15H17NO2S. The van der Waals surface area contributed by atoms with Crippen molar-refractivity contribution in [2.75, 3.05) is 7.11 Å². The van der Waals surface area contributed by atoms with Crippen LogP contribution in [0, 0.1) is 5.92 Å². The lowest BCUT2D eigenvalue weighted by Crippen LogP contribution is -1.95. The predicted octanol–water partition coefficient (Wildman–Crippen LogP) is 3.83. The van der Waals surface area contributed by atoms with Crippen molar-refractivity contribution in [2.24, 2.45) is 5.92 Å². The van der Waals surface area contributed by atoms with E-state index in [2.05, 4.69) is 18.8 Å². The number of aromatic nitrogens is 1. The molecule has 0 fully saturated rings. The van der Waals surface area contributed by atoms with E-state index >= 15 is 0 Å². The second-order valence-electron chi connectivity index (χ2n) is 4.74. The Labute approximate surface area is 117 Å². The zero-order chi connectivity index (χ0) is 13.8. The maximum absolute atomic E-state index is 11.1. The van der Waals surface area contributed by atoms with Gasteiger partial charge in [0.05, 0.1) is 12.7 Å². The van der Waals surface area contributed by atoms with Gasteiger partial charge in [0.15, 0.2) is 6.29 Å². The fourth-order valence-electron chi connectivity index (χ4n) is 1.91. The molecule has 0 spiro atoms. The summed E-state index contributed by atoms with van der Waals surface area (Å²) in [5, 5.41) is 0.843. The minimum Gasteiger partial charge on any atom is -0.496 e. The van der Waals surface area contributed by atoms with Crippen molar-refractivity contribution in [3.05, 3.63) is 34.8 Å². The SMILES string of the molecule is COc1ccccc1-c1nc(C=O)c(CC(C)C)s1. The number of aldehydes is 1. The van der Waals surface area contributed by atoms with Crippen LogP contribution in [0.4, 0.5) is 0 Å². The summed E-state index contributed by atoms with van der Waals surface area (Å²) in [7, 11) is 1.64. The molecule has 0 unspecified atom stereocenters. The smallest absolute Gasteiger partial charge is 0.169 e. The summed E-state index contributed by atoms with van der Waals surface area (Å²) in [6.07, 6.45) is 1.72. The molecule has 1 aromatic carbocycles. The molecule has 0 N–H and O–H groups in total. The molecule has 1 aromatic heterocycles. The number of ether oxygens (including phenoxy) is 1. The maximum atomic E-state index is 11.1. The fourth-order valence-corrected chi connectivity index (χ4v) is 3.18. The van der Waals surface area contributed by atoms with Crippen LogP contribution < -0.4 is 4.74 Å². The van der Waals surface area contributed by atoms with E-state index in [0.29, 0.717) is 11.6 Å². The Balaban J connectivity index is 2.45. The molecule has 0 aliphatic rings. The average Bonchev–Trinajstić information content (AvgIpc) is 2.80. The summed E-state index contributed by atoms with van der Waals surface area (Å²) < 4.78 is 5.34. The number of thiazole rings is 1. The van der Waals surface area contributed by atoms with Gasteiger partial charge in [0.2, 0.25) is 0 Å². The van der Waals surface area contributed by atoms with Crippen molar-refractivity contribution in [1.82, 2.24) is 4.98 Å². The minimum absolute atomic E-state index is 0.504. The lowest BCUT2D eigenvalue weighted by atomic mass is 10.1. The molecule has 0 radical (unpaired) electrons. The maximum Gasteiger partial charge on any atom is 0.169 e. The van der Waals surface area contributed by atoms with Crippen molar-refractivity contribution in [3.63, 3.8) is 0 Å². The Morgan fingerprint density at radius 2 is 2.11 bits per heavy atom. The third-order valence-electron chi connectivity index (χ3n) is 2.77. The molecule has 0 aliphatic carbocycles. The third kappa shape index (κ3) is 3.01. The molecule has 3 nitrogen and oxygen atoms in total. The van der Waals surface area contributed by atoms with Crippen molar-refractivity contribution in [3.8, 4) is 16.3 Å². The number of benzene rings is 1. The van der Waals surface area contributed by atoms with Crippen molar-refractivity contribution in [2.45, 2.75) is 20.3 Å². The molecule has 0 saturated carbocycles. The lowest BCUT2D eigenvalue weighted by molar-refractivity contribution is 0.111. The van der Waals surface area contributed by atoms with Crippen LogP contribution in [0.2, 0.25) is 0 Å². The summed E-state index contributed by atoms with van der Waals surface area (Å²) in [6, 6.07) is 7.73. The number of nitrogens with zero attached hydrogens (tertiary/aromatic N) is 1. The standard InChI is InChI=1S/C15H17NO2S/c1-10(2)8-14-12(9-17)16-15(19-14)11-6-4-5-7-13(11)18-3/h4-7,9-10H,8H2,1-3H3. The number of carbonyl (C=O) groups excluding carboxylic acids is 1. The number of rotatable bonds is 5. The van der Waals surface area contributed by atoms with Gasteiger partial charge in [-0.3, -0.25) is 4.79 Å². The van der Waals surface area contributed by atoms with Gasteiger partial charge in [-0.1, -0.05) is 26.0 Å². The van der Waals surface area contributed by atoms with E-state index in [9.17, 15) is 4.79 Å². The number of para-hydroxylation sites is 1. The first-order valence-corrected chi connectivity index (χ1v) is 7.05. The topological polar surface area (TPSA) is 39.2 Å². The van der Waals surface area contributed by atoms with Crippen LogP contribution in [0.15, 0.2) is 24.3 Å². The molecule has 0 bridgehead atoms. The van der Waals surface area contributed by atoms with Crippen LogP contribution in [-0.4, -0.2) is 18.4 Å². The molecule has 1 heterocycles. The van der Waals surface area contributed by atoms with Gasteiger partial charge in [0.1, 0.15) is 16.5 Å². The fraction of sp³-hybridized carbons (Fsp3) is 0.333. The Morgan fingerprint density at radius 3 is 2.74 bits per heavy atom. The molecule has 2 rings (SSSR count). The molecule has 0 atom stereocenters. The lowest BCUT2D eigenvalue weighted by Gasteiger charge is -2.04. The van der Waals surface area contributed by atoms with Gasteiger partial charge in [0, 0.05) is 4.88 Å². The van der Waals surface area contributed by atoms with E-state index in [1.807, 2.05) is 24.3 Å². The molecule has 2 aromatic rings. The van der Waals surface area contributed by atoms with Gasteiger partial charge >= 0.3 is 0 Å². The third-order valence-corrected chi connectivity index (χ3v) is 3.90. The molecule has 0 saturated heterocycles. The van der Waals surface area contributed by atoms with E-state index in [4.69, 9.17) is 4.74 Å². The first kappa shape index (κ1) is 13.7. The Morgan fingerprint density at radius 1 is 1.37 bits per heavy atom. The van der Waals surface area contributed by atoms with Crippen LogP contribution in [0.25, 0.3) is 10.6 Å². The molecule has 0 amide bonds. The quantitative estimate of drug-likeness (QED) is 0.778. The van der Waals surface area contributed by atoms with Crippen LogP contribution in [-0.2, 0) is 6.42 Å². The highest BCUT2D eigenvalue weighted by Crippen LogP contribution is 2.34. The van der Waals surface area contributed by atoms with E-state index < -0.39 is 0 Å². The zero-order valence-electron chi connectivity index (χ0n) is 11.3. The summed E-state index contributed by atoms with van der Waals surface area (Å²) in [5.74, 6) is 1.29. The first-order chi connectivity index (χ1) is 9.15. The first-order valence-electron chi connectivity index (χ1n) is 6.24. The van der Waals surface area contributed by atoms with Crippen LogP contribution in [0.5, 0.6) is 5.75 Å². The Hall–Kier alpha value is -1.68. The van der Waals surface area contributed by atoms with Crippen LogP contribution in [0.3, 0.4) is 0 Å². The van der Waals surface area contributed by atoms with E-state index in [1.54, 1.807) is 18.4 Å². The van der Waals surface area contributed by atoms with Crippen LogP contribution in [0.1, 0.15) is 29.2 Å². The number of methoxy groups -OCH3 is 1. The highest BCUT2D eigenvalue weighted by atomic mass is 32.1. The van der Waals surface area contributed by atoms with E-state index in [0.717, 1.165) is 33.9 Å². The van der Waals surface area contributed by atoms with Crippen molar-refractivity contribution in [1.29, 1.82) is 0 Å². The summed E-state index contributed by atoms with van der Waals surface area (Å²) in [6.45, 7) is 4.27. The number of hydrogen-bond donors (Lipinski definition) is 0. The van der Waals surface area contributed by atoms with Gasteiger partial charge in [-0.15, -0.1) is 11.3 Å². The van der Waals surface area contributed by atoms with Gasteiger partial charge in [-0.25, -0.2) is 4.98 Å². The molecule has 100 valence electrons. The monoisotopic (exact) mass is 275 g/mol. The second kappa shape index (κ2) is 5.97. The van der Waals surface area contributed by atoms with E-state index in [-0.39, 0.29) is 0 Å². The summed E-state index contributed by atoms with van der Waals surface area (Å²) in [5.41, 5.74) is 1.49. The number of carbonyl (C=O) groups is 1. The minimum atomic E-state index is 0.504. The zero-order valence-corrected chi connectivity index (χ0v) is 12.2. The molecule has 4 heteroatoms. The van der Waals surface area contributed by atoms with Gasteiger partial charge in [-0.05, 0) is 24.5 Å². The second-order valence-corrected chi connectivity index (χ2v) is 5.83. The van der Waals surface area contributed by atoms with Gasteiger partial charge in [0.25, 0.3) is 0 Å². The molecular weight excluding hydrogens is 258 g/mol. The normalized spacial score (nSPS) is 10.7. The van der Waals surface area contributed by atoms with Crippen LogP contribution >= 0.6 is 11.3 Å². The van der Waals surface area contributed by atoms with Gasteiger partial charge < -0.3 is 4.74 Å². The predicted molar refractivity (Wildman–Crippen MR) is 78.0 cm³/mol. The molecule has 19 heavy (non-hydrogen) atoms. The number of hydrogen-bond acceptors (Lipinski definition) is 4. The van der Waals surface area contributed by atoms with Crippen molar-refractivity contribution < 1.29 is 9.53 Å². The summed E-state index contributed by atoms with van der Waals surface area (Å²) in [4.78, 5) is 16.6. The highest BCUT2D eigenvalue weighted by molar-refractivity contribution is 7.15. The largest absolute Gasteiger partial charge is 0.496 e. The summed E-state index contributed by atoms with van der Waals surface area (Å²) >= 11 is 1.57. The molecule has 0 aliphatic heterocycles. The van der Waals surface area contributed by atoms with Crippen molar-refractivity contribution >= 4 is 17.6 Å². The van der Waals surface area contributed by atoms with E-state index in [1.165, 1.54) is 0 Å². The average molecular weight is 275 g/mol. The Kier molecular flexibility index (Phi) is 4.32. The van der Waals surface area contributed by atoms with Gasteiger partial charge in [-0.2, -0.15) is 0 Å². The highest BCUT2D eigenvalue weighted by Gasteiger charge is 2.15.